The van der Waals surface area contributed by atoms with Crippen LogP contribution >= 0.6 is 44.8 Å². The van der Waals surface area contributed by atoms with Crippen LogP contribution in [0.4, 0.5) is 0 Å². The first-order valence-corrected chi connectivity index (χ1v) is 15.5. The van der Waals surface area contributed by atoms with E-state index in [9.17, 15) is 28.3 Å². The van der Waals surface area contributed by atoms with Crippen LogP contribution in [0, 0.1) is 6.66 Å². The maximum absolute atomic E-state index is 12.1. The third kappa shape index (κ3) is 13.1. The van der Waals surface area contributed by atoms with Crippen LogP contribution in [0.15, 0.2) is 5.11 Å². The topological polar surface area (TPSA) is 230 Å². The van der Waals surface area contributed by atoms with Crippen LogP contribution in [0.2, 0.25) is 6.32 Å². The van der Waals surface area contributed by atoms with E-state index < -0.39 is 48.1 Å². The van der Waals surface area contributed by atoms with Gasteiger partial charge in [-0.3, -0.25) is 22.8 Å². The van der Waals surface area contributed by atoms with Crippen LogP contribution in [0.1, 0.15) is 7.79 Å². The van der Waals surface area contributed by atoms with Gasteiger partial charge in [0, 0.05) is 12.3 Å². The molecule has 0 saturated carbocycles. The van der Waals surface area contributed by atoms with E-state index in [1.54, 1.807) is 7.28 Å². The van der Waals surface area contributed by atoms with Crippen molar-refractivity contribution >= 4 is 57.9 Å². The first-order valence-electron chi connectivity index (χ1n) is 9.00. The highest BCUT2D eigenvalue weighted by Gasteiger charge is 2.37. The Bertz CT molecular complexity index is 849. The molecule has 1 fully saturated rings. The molecular formula is C11H19BN3O12P3S2-3. The van der Waals surface area contributed by atoms with E-state index in [4.69, 9.17) is 25.8 Å². The van der Waals surface area contributed by atoms with Crippen molar-refractivity contribution in [3.8, 4) is 0 Å². The second-order valence-electron chi connectivity index (χ2n) is 5.86. The number of ether oxygens (including phenoxy) is 2. The molecule has 1 heterocycles. The molecule has 21 heteroatoms. The smallest absolute Gasteiger partial charge is 0.279 e. The molecule has 183 valence electrons. The van der Waals surface area contributed by atoms with Crippen molar-refractivity contribution in [1.82, 2.24) is 0 Å². The third-order valence-electron chi connectivity index (χ3n) is 3.41. The summed E-state index contributed by atoms with van der Waals surface area (Å²) in [6.07, 6.45) is -1.42. The van der Waals surface area contributed by atoms with Gasteiger partial charge in [-0.05, 0) is 24.5 Å². The van der Waals surface area contributed by atoms with Crippen molar-refractivity contribution in [2.45, 2.75) is 31.0 Å². The van der Waals surface area contributed by atoms with Crippen LogP contribution < -0.4 is 9.79 Å². The highest BCUT2D eigenvalue weighted by atomic mass is 33.1. The molecule has 1 aliphatic heterocycles. The van der Waals surface area contributed by atoms with Gasteiger partial charge >= 0.3 is 0 Å². The van der Waals surface area contributed by atoms with Gasteiger partial charge in [0.25, 0.3) is 15.6 Å². The molecule has 1 N–H and O–H groups in total. The Morgan fingerprint density at radius 2 is 2.19 bits per heavy atom. The van der Waals surface area contributed by atoms with Crippen LogP contribution in [0.25, 0.3) is 10.4 Å². The summed E-state index contributed by atoms with van der Waals surface area (Å²) >= 11 is 0. The fourth-order valence-electron chi connectivity index (χ4n) is 2.31. The van der Waals surface area contributed by atoms with Gasteiger partial charge in [-0.25, -0.2) is 11.0 Å². The van der Waals surface area contributed by atoms with Crippen molar-refractivity contribution in [2.24, 2.45) is 5.11 Å². The van der Waals surface area contributed by atoms with E-state index in [1.165, 1.54) is 21.6 Å². The first kappa shape index (κ1) is 28.4. The van der Waals surface area contributed by atoms with Gasteiger partial charge in [-0.15, -0.1) is 0 Å². The average molecular weight is 554 g/mol. The van der Waals surface area contributed by atoms with E-state index in [1.807, 2.05) is 0 Å². The van der Waals surface area contributed by atoms with E-state index in [-0.39, 0.29) is 37.2 Å². The van der Waals surface area contributed by atoms with Gasteiger partial charge in [0.15, 0.2) is 14.9 Å². The fraction of sp³-hybridized carbons (Fsp3) is 0.818. The molecule has 0 aliphatic carbocycles. The monoisotopic (exact) mass is 554 g/mol. The minimum atomic E-state index is -5.79. The highest BCUT2D eigenvalue weighted by molar-refractivity contribution is 8.76. The summed E-state index contributed by atoms with van der Waals surface area (Å²) in [4.78, 5) is 44.7. The van der Waals surface area contributed by atoms with Gasteiger partial charge in [-0.1, -0.05) is 26.7 Å². The average Bonchev–Trinajstić information content (AvgIpc) is 3.04. The number of carbonyl (C=O) groups excluding carboxylic acids is 1. The second-order valence-corrected chi connectivity index (χ2v) is 12.7. The molecular weight excluding hydrogens is 534 g/mol. The normalized spacial score (nSPS) is 26.8. The van der Waals surface area contributed by atoms with E-state index in [0.717, 1.165) is 0 Å². The Morgan fingerprint density at radius 3 is 2.81 bits per heavy atom. The third-order valence-corrected chi connectivity index (χ3v) is 8.84. The lowest BCUT2D eigenvalue weighted by molar-refractivity contribution is -0.236. The summed E-state index contributed by atoms with van der Waals surface area (Å²) in [6, 6.07) is -0.618. The largest absolute Gasteiger partial charge is 0.756 e. The van der Waals surface area contributed by atoms with Crippen LogP contribution in [0.3, 0.4) is 0 Å². The molecule has 1 aliphatic rings. The molecule has 32 heavy (non-hydrogen) atoms. The number of nitrogens with zero attached hydrogens (tertiary/aromatic N) is 3. The Kier molecular flexibility index (Phi) is 12.3. The number of azide groups is 1. The van der Waals surface area contributed by atoms with Gasteiger partial charge < -0.3 is 28.7 Å². The summed E-state index contributed by atoms with van der Waals surface area (Å²) in [5.41, 5.74) is 8.36. The number of Topliss-reactive ketones (excluding diaryl/α,β-unsaturated/α-hetero) is 1. The maximum atomic E-state index is 12.1. The molecule has 0 aromatic heterocycles. The standard InChI is InChI=1S/C11H21BN3O12P3S2/c1-28(17,26-30(21,22)27-29(18,19)20)24-5-10-9(23-7-14-15-13)3-11(25-10)12-4-8(16)6-32-31-2/h9-11H,1,3-7H2,2H3,(H,21,22)(H2,18,19,20)/q-1/p-2/t9?,10-,11-,28?/m1/s1/i2D. The first-order chi connectivity index (χ1) is 15.3. The summed E-state index contributed by atoms with van der Waals surface area (Å²) < 4.78 is 64.2. The minimum Gasteiger partial charge on any atom is -0.756 e. The minimum absolute atomic E-state index is 0.0525. The van der Waals surface area contributed by atoms with Crippen LogP contribution in [-0.4, -0.2) is 61.5 Å². The van der Waals surface area contributed by atoms with Crippen molar-refractivity contribution in [3.05, 3.63) is 17.1 Å². The van der Waals surface area contributed by atoms with Gasteiger partial charge in [0.05, 0.1) is 18.5 Å². The molecule has 0 spiro atoms. The predicted octanol–water partition coefficient (Wildman–Crippen LogP) is 1.42. The lowest BCUT2D eigenvalue weighted by atomic mass is 9.66. The number of carbonyl (C=O) groups is 1. The molecule has 1 rings (SSSR count). The summed E-state index contributed by atoms with van der Waals surface area (Å²) in [5, 5.41) is 3.21. The molecule has 0 aromatic carbocycles. The number of ketones is 1. The van der Waals surface area contributed by atoms with Crippen LogP contribution in [-0.2, 0) is 41.1 Å². The molecule has 15 nitrogen and oxygen atoms in total. The Balaban J connectivity index is 2.67. The van der Waals surface area contributed by atoms with Gasteiger partial charge in [-0.2, -0.15) is 0 Å². The maximum Gasteiger partial charge on any atom is 0.279 e. The molecule has 1 saturated heterocycles. The lowest BCUT2D eigenvalue weighted by Gasteiger charge is -2.32. The van der Waals surface area contributed by atoms with E-state index in [2.05, 4.69) is 25.3 Å². The van der Waals surface area contributed by atoms with Crippen molar-refractivity contribution < 1.29 is 57.2 Å². The zero-order valence-corrected chi connectivity index (χ0v) is 20.5. The summed E-state index contributed by atoms with van der Waals surface area (Å²) in [6.45, 7) is 1.92. The number of rotatable bonds is 16. The highest BCUT2D eigenvalue weighted by Crippen LogP contribution is 2.64. The van der Waals surface area contributed by atoms with Crippen molar-refractivity contribution in [1.29, 1.82) is 0 Å². The Labute approximate surface area is 193 Å². The predicted molar refractivity (Wildman–Crippen MR) is 112 cm³/mol. The quantitative estimate of drug-likeness (QED) is 0.0416. The Hall–Kier alpha value is 0.115. The zero-order valence-electron chi connectivity index (χ0n) is 17.2. The summed E-state index contributed by atoms with van der Waals surface area (Å²) in [7, 11) is -12.2. The molecule has 6 atom stereocenters. The molecule has 0 bridgehead atoms. The van der Waals surface area contributed by atoms with Crippen molar-refractivity contribution in [3.63, 3.8) is 0 Å². The molecule has 1 radical (unpaired) electrons. The second kappa shape index (κ2) is 13.9. The lowest BCUT2D eigenvalue weighted by Crippen LogP contribution is -2.29. The number of hydrogen-bond acceptors (Lipinski definition) is 14. The summed E-state index contributed by atoms with van der Waals surface area (Å²) in [5.74, 6) is 0.0803. The zero-order chi connectivity index (χ0) is 25.1. The van der Waals surface area contributed by atoms with E-state index in [0.29, 0.717) is 0 Å². The van der Waals surface area contributed by atoms with Crippen molar-refractivity contribution in [2.75, 3.05) is 25.3 Å². The van der Waals surface area contributed by atoms with E-state index >= 15 is 0 Å². The Morgan fingerprint density at radius 1 is 1.47 bits per heavy atom. The number of phosphoric acid groups is 2. The molecule has 0 amide bonds. The molecule has 0 aromatic rings. The fourth-order valence-corrected chi connectivity index (χ4v) is 6.47. The van der Waals surface area contributed by atoms with Gasteiger partial charge in [0.2, 0.25) is 0 Å². The molecule has 4 unspecified atom stereocenters. The SMILES string of the molecule is [2H]CSSCC(=O)C[B][C@H]1CC(OCN=[N+]=[N-])[C@@H](COP([CH2-])(=O)OP(=O)([O-])OP(=O)([O-])O)O1. The van der Waals surface area contributed by atoms with Gasteiger partial charge in [0.1, 0.15) is 18.6 Å². The van der Waals surface area contributed by atoms with Crippen LogP contribution in [0.5, 0.6) is 0 Å². The number of hydrogen-bond donors (Lipinski definition) is 1.